The second-order valence-corrected chi connectivity index (χ2v) is 8.37. The quantitative estimate of drug-likeness (QED) is 0.661. The van der Waals surface area contributed by atoms with Crippen LogP contribution in [0.15, 0.2) is 48.5 Å². The van der Waals surface area contributed by atoms with Gasteiger partial charge in [-0.1, -0.05) is 24.3 Å². The Balaban J connectivity index is 1.36. The Bertz CT molecular complexity index is 1170. The first-order valence-corrected chi connectivity index (χ1v) is 10.3. The summed E-state index contributed by atoms with van der Waals surface area (Å²) in [6.45, 7) is 3.53. The molecular weight excluding hydrogens is 394 g/mol. The number of carbonyl (C=O) groups excluding carboxylic acids is 2. The van der Waals surface area contributed by atoms with Crippen molar-refractivity contribution in [1.82, 2.24) is 20.2 Å². The molecule has 9 nitrogen and oxygen atoms in total. The highest BCUT2D eigenvalue weighted by molar-refractivity contribution is 6.14. The number of rotatable bonds is 5. The van der Waals surface area contributed by atoms with Crippen molar-refractivity contribution in [2.45, 2.75) is 38.3 Å². The fourth-order valence-electron chi connectivity index (χ4n) is 3.87. The van der Waals surface area contributed by atoms with E-state index in [1.807, 2.05) is 47.1 Å². The van der Waals surface area contributed by atoms with Crippen LogP contribution in [-0.4, -0.2) is 44.1 Å². The molecule has 2 amide bonds. The van der Waals surface area contributed by atoms with E-state index in [0.717, 1.165) is 29.9 Å². The number of nitrogens with one attached hydrogen (secondary N) is 2. The highest BCUT2D eigenvalue weighted by atomic mass is 16.2. The van der Waals surface area contributed by atoms with E-state index in [-0.39, 0.29) is 18.4 Å². The number of fused-ring (bicyclic) bond motifs is 1. The third kappa shape index (κ3) is 3.41. The number of hydrogen-bond acceptors (Lipinski definition) is 6. The molecule has 2 N–H and O–H groups in total. The summed E-state index contributed by atoms with van der Waals surface area (Å²) < 4.78 is 1.86. The molecule has 1 aliphatic carbocycles. The maximum atomic E-state index is 13.2. The van der Waals surface area contributed by atoms with Gasteiger partial charge in [0.1, 0.15) is 5.54 Å². The number of nitrogens with zero attached hydrogens (tertiary/aromatic N) is 5. The Morgan fingerprint density at radius 3 is 2.81 bits per heavy atom. The van der Waals surface area contributed by atoms with Gasteiger partial charge in [0.05, 0.1) is 24.0 Å². The number of carbonyl (C=O) groups is 2. The molecule has 9 heteroatoms. The van der Waals surface area contributed by atoms with Crippen LogP contribution in [0.25, 0.3) is 11.4 Å². The largest absolute Gasteiger partial charge is 0.376 e. The smallest absolute Gasteiger partial charge is 0.250 e. The van der Waals surface area contributed by atoms with Gasteiger partial charge in [0.25, 0.3) is 0 Å². The molecule has 5 rings (SSSR count). The molecule has 0 radical (unpaired) electrons. The molecule has 2 aliphatic rings. The van der Waals surface area contributed by atoms with Crippen LogP contribution < -0.4 is 15.5 Å². The SMILES string of the molecule is CC1(C)C(=O)Nc2ccccc2N1C(=O)CNc1cccc(-c2nnnn2C2CC2)c1. The highest BCUT2D eigenvalue weighted by Crippen LogP contribution is 2.38. The molecule has 31 heavy (non-hydrogen) atoms. The summed E-state index contributed by atoms with van der Waals surface area (Å²) in [5.74, 6) is 0.314. The number of benzene rings is 2. The molecule has 0 spiro atoms. The summed E-state index contributed by atoms with van der Waals surface area (Å²) in [7, 11) is 0. The number of tetrazole rings is 1. The molecule has 3 aromatic rings. The van der Waals surface area contributed by atoms with Crippen LogP contribution >= 0.6 is 0 Å². The highest BCUT2D eigenvalue weighted by Gasteiger charge is 2.43. The fourth-order valence-corrected chi connectivity index (χ4v) is 3.87. The monoisotopic (exact) mass is 417 g/mol. The molecular formula is C22H23N7O2. The molecule has 1 saturated carbocycles. The van der Waals surface area contributed by atoms with E-state index in [1.165, 1.54) is 0 Å². The second-order valence-electron chi connectivity index (χ2n) is 8.37. The van der Waals surface area contributed by atoms with E-state index in [1.54, 1.807) is 24.8 Å². The van der Waals surface area contributed by atoms with Crippen LogP contribution in [0.1, 0.15) is 32.7 Å². The predicted octanol–water partition coefficient (Wildman–Crippen LogP) is 2.85. The average molecular weight is 417 g/mol. The van der Waals surface area contributed by atoms with Crippen molar-refractivity contribution < 1.29 is 9.59 Å². The van der Waals surface area contributed by atoms with Gasteiger partial charge in [-0.05, 0) is 61.4 Å². The fraction of sp³-hybridized carbons (Fsp3) is 0.318. The number of para-hydroxylation sites is 2. The minimum atomic E-state index is -0.999. The van der Waals surface area contributed by atoms with Crippen molar-refractivity contribution in [2.75, 3.05) is 22.1 Å². The predicted molar refractivity (Wildman–Crippen MR) is 117 cm³/mol. The van der Waals surface area contributed by atoms with Crippen LogP contribution in [0.3, 0.4) is 0 Å². The maximum Gasteiger partial charge on any atom is 0.250 e. The number of amides is 2. The van der Waals surface area contributed by atoms with Crippen molar-refractivity contribution in [2.24, 2.45) is 0 Å². The van der Waals surface area contributed by atoms with E-state index >= 15 is 0 Å². The number of hydrogen-bond donors (Lipinski definition) is 2. The van der Waals surface area contributed by atoms with Gasteiger partial charge in [0.2, 0.25) is 11.8 Å². The van der Waals surface area contributed by atoms with Crippen molar-refractivity contribution in [3.63, 3.8) is 0 Å². The van der Waals surface area contributed by atoms with Crippen molar-refractivity contribution in [3.8, 4) is 11.4 Å². The average Bonchev–Trinajstić information content (AvgIpc) is 3.49. The summed E-state index contributed by atoms with van der Waals surface area (Å²) in [6, 6.07) is 15.4. The van der Waals surface area contributed by atoms with Gasteiger partial charge in [-0.25, -0.2) is 4.68 Å². The van der Waals surface area contributed by atoms with E-state index in [2.05, 4.69) is 26.2 Å². The van der Waals surface area contributed by atoms with Gasteiger partial charge >= 0.3 is 0 Å². The Morgan fingerprint density at radius 2 is 2.00 bits per heavy atom. The van der Waals surface area contributed by atoms with Gasteiger partial charge in [-0.15, -0.1) is 5.10 Å². The van der Waals surface area contributed by atoms with Crippen molar-refractivity contribution in [3.05, 3.63) is 48.5 Å². The normalized spacial score (nSPS) is 17.1. The molecule has 1 aromatic heterocycles. The Hall–Kier alpha value is -3.75. The molecule has 158 valence electrons. The van der Waals surface area contributed by atoms with Crippen LogP contribution in [0.4, 0.5) is 17.1 Å². The zero-order valence-electron chi connectivity index (χ0n) is 17.4. The van der Waals surface area contributed by atoms with Crippen LogP contribution in [-0.2, 0) is 9.59 Å². The van der Waals surface area contributed by atoms with Gasteiger partial charge in [0.15, 0.2) is 5.82 Å². The topological polar surface area (TPSA) is 105 Å². The van der Waals surface area contributed by atoms with Crippen LogP contribution in [0.5, 0.6) is 0 Å². The second kappa shape index (κ2) is 7.19. The number of anilines is 3. The summed E-state index contributed by atoms with van der Waals surface area (Å²) in [4.78, 5) is 27.4. The third-order valence-corrected chi connectivity index (χ3v) is 5.71. The van der Waals surface area contributed by atoms with E-state index in [0.29, 0.717) is 17.4 Å². The first-order valence-electron chi connectivity index (χ1n) is 10.3. The lowest BCUT2D eigenvalue weighted by Gasteiger charge is -2.42. The first kappa shape index (κ1) is 19.2. The molecule has 2 aromatic carbocycles. The summed E-state index contributed by atoms with van der Waals surface area (Å²) >= 11 is 0. The summed E-state index contributed by atoms with van der Waals surface area (Å²) in [5, 5.41) is 18.1. The van der Waals surface area contributed by atoms with Gasteiger partial charge in [0, 0.05) is 11.3 Å². The molecule has 1 fully saturated rings. The summed E-state index contributed by atoms with van der Waals surface area (Å²) in [6.07, 6.45) is 2.18. The molecule has 0 saturated heterocycles. The van der Waals surface area contributed by atoms with Crippen molar-refractivity contribution in [1.29, 1.82) is 0 Å². The molecule has 2 heterocycles. The van der Waals surface area contributed by atoms with E-state index < -0.39 is 5.54 Å². The zero-order chi connectivity index (χ0) is 21.6. The Morgan fingerprint density at radius 1 is 1.19 bits per heavy atom. The van der Waals surface area contributed by atoms with E-state index in [9.17, 15) is 9.59 Å². The van der Waals surface area contributed by atoms with Crippen LogP contribution in [0.2, 0.25) is 0 Å². The van der Waals surface area contributed by atoms with Crippen LogP contribution in [0, 0.1) is 0 Å². The van der Waals surface area contributed by atoms with Crippen molar-refractivity contribution >= 4 is 28.9 Å². The Labute approximate surface area is 179 Å². The lowest BCUT2D eigenvalue weighted by atomic mass is 9.96. The standard InChI is InChI=1S/C22H23N7O2/c1-22(2)21(31)24-17-8-3-4-9-18(17)28(22)19(30)13-23-15-7-5-6-14(12-15)20-25-26-27-29(20)16-10-11-16/h3-9,12,16,23H,10-11,13H2,1-2H3,(H,24,31). The van der Waals surface area contributed by atoms with Gasteiger partial charge in [-0.2, -0.15) is 0 Å². The molecule has 0 atom stereocenters. The lowest BCUT2D eigenvalue weighted by molar-refractivity contribution is -0.125. The third-order valence-electron chi connectivity index (χ3n) is 5.71. The minimum absolute atomic E-state index is 0.0437. The van der Waals surface area contributed by atoms with Gasteiger partial charge in [-0.3, -0.25) is 14.5 Å². The zero-order valence-corrected chi connectivity index (χ0v) is 17.4. The number of aromatic nitrogens is 4. The molecule has 0 bridgehead atoms. The lowest BCUT2D eigenvalue weighted by Crippen LogP contribution is -2.59. The molecule has 0 unspecified atom stereocenters. The first-order chi connectivity index (χ1) is 14.9. The summed E-state index contributed by atoms with van der Waals surface area (Å²) in [5.41, 5.74) is 1.99. The molecule has 1 aliphatic heterocycles. The Kier molecular flexibility index (Phi) is 4.46. The minimum Gasteiger partial charge on any atom is -0.376 e. The van der Waals surface area contributed by atoms with Gasteiger partial charge < -0.3 is 10.6 Å². The maximum absolute atomic E-state index is 13.2. The van der Waals surface area contributed by atoms with E-state index in [4.69, 9.17) is 0 Å².